The fourth-order valence-corrected chi connectivity index (χ4v) is 3.44. The van der Waals surface area contributed by atoms with Crippen LogP contribution in [0.3, 0.4) is 0 Å². The van der Waals surface area contributed by atoms with Crippen LogP contribution in [0, 0.1) is 5.82 Å². The SMILES string of the molecule is Nc1c(F)cccc1S(=O)(=O)N1CCNC(=O)CC1. The Morgan fingerprint density at radius 2 is 2.05 bits per heavy atom. The summed E-state index contributed by atoms with van der Waals surface area (Å²) < 4.78 is 39.2. The first-order valence-electron chi connectivity index (χ1n) is 5.74. The Kier molecular flexibility index (Phi) is 3.72. The molecule has 0 aliphatic carbocycles. The molecule has 8 heteroatoms. The number of nitrogens with one attached hydrogen (secondary N) is 1. The summed E-state index contributed by atoms with van der Waals surface area (Å²) in [6.07, 6.45) is 0.0778. The standard InChI is InChI=1S/C11H14FN3O3S/c12-8-2-1-3-9(11(8)13)19(17,18)15-6-4-10(16)14-5-7-15/h1-3H,4-7,13H2,(H,14,16). The number of para-hydroxylation sites is 1. The summed E-state index contributed by atoms with van der Waals surface area (Å²) in [7, 11) is -3.89. The third-order valence-electron chi connectivity index (χ3n) is 2.90. The maximum atomic E-state index is 13.3. The van der Waals surface area contributed by atoms with Gasteiger partial charge in [0.25, 0.3) is 0 Å². The molecule has 1 heterocycles. The molecule has 104 valence electrons. The number of carbonyl (C=O) groups excluding carboxylic acids is 1. The van der Waals surface area contributed by atoms with Crippen molar-refractivity contribution in [3.8, 4) is 0 Å². The lowest BCUT2D eigenvalue weighted by molar-refractivity contribution is -0.120. The van der Waals surface area contributed by atoms with Crippen LogP contribution in [-0.4, -0.2) is 38.3 Å². The minimum atomic E-state index is -3.89. The second-order valence-electron chi connectivity index (χ2n) is 4.16. The minimum absolute atomic E-state index is 0.0596. The Morgan fingerprint density at radius 3 is 2.79 bits per heavy atom. The van der Waals surface area contributed by atoms with Crippen LogP contribution in [0.5, 0.6) is 0 Å². The average molecular weight is 287 g/mol. The number of hydrogen-bond acceptors (Lipinski definition) is 4. The van der Waals surface area contributed by atoms with Crippen molar-refractivity contribution in [3.05, 3.63) is 24.0 Å². The van der Waals surface area contributed by atoms with Gasteiger partial charge in [0, 0.05) is 26.1 Å². The van der Waals surface area contributed by atoms with Gasteiger partial charge < -0.3 is 11.1 Å². The topological polar surface area (TPSA) is 92.5 Å². The van der Waals surface area contributed by atoms with Crippen LogP contribution in [0.2, 0.25) is 0 Å². The van der Waals surface area contributed by atoms with Crippen LogP contribution < -0.4 is 11.1 Å². The summed E-state index contributed by atoms with van der Waals surface area (Å²) in [5.74, 6) is -0.977. The van der Waals surface area contributed by atoms with Crippen LogP contribution >= 0.6 is 0 Å². The zero-order valence-electron chi connectivity index (χ0n) is 10.1. The van der Waals surface area contributed by atoms with Gasteiger partial charge in [-0.05, 0) is 12.1 Å². The molecule has 0 radical (unpaired) electrons. The van der Waals surface area contributed by atoms with E-state index >= 15 is 0 Å². The normalized spacial score (nSPS) is 17.8. The molecule has 0 aromatic heterocycles. The van der Waals surface area contributed by atoms with Crippen molar-refractivity contribution >= 4 is 21.6 Å². The number of hydrogen-bond donors (Lipinski definition) is 2. The molecule has 6 nitrogen and oxygen atoms in total. The zero-order chi connectivity index (χ0) is 14.0. The van der Waals surface area contributed by atoms with Crippen molar-refractivity contribution in [1.82, 2.24) is 9.62 Å². The fraction of sp³-hybridized carbons (Fsp3) is 0.364. The second kappa shape index (κ2) is 5.14. The minimum Gasteiger partial charge on any atom is -0.395 e. The first kappa shape index (κ1) is 13.8. The molecule has 0 spiro atoms. The van der Waals surface area contributed by atoms with E-state index in [9.17, 15) is 17.6 Å². The molecule has 2 rings (SSSR count). The van der Waals surface area contributed by atoms with Crippen molar-refractivity contribution in [2.75, 3.05) is 25.4 Å². The highest BCUT2D eigenvalue weighted by Crippen LogP contribution is 2.24. The molecule has 3 N–H and O–H groups in total. The number of amides is 1. The third kappa shape index (κ3) is 2.69. The summed E-state index contributed by atoms with van der Waals surface area (Å²) in [6.45, 7) is 0.432. The fourth-order valence-electron chi connectivity index (χ4n) is 1.87. The summed E-state index contributed by atoms with van der Waals surface area (Å²) in [5.41, 5.74) is 5.08. The smallest absolute Gasteiger partial charge is 0.245 e. The molecule has 1 amide bonds. The Morgan fingerprint density at radius 1 is 1.32 bits per heavy atom. The van der Waals surface area contributed by atoms with Crippen LogP contribution in [0.25, 0.3) is 0 Å². The van der Waals surface area contributed by atoms with Gasteiger partial charge in [0.2, 0.25) is 15.9 Å². The van der Waals surface area contributed by atoms with E-state index in [1.165, 1.54) is 12.1 Å². The Hall–Kier alpha value is -1.67. The van der Waals surface area contributed by atoms with Gasteiger partial charge in [-0.3, -0.25) is 4.79 Å². The highest BCUT2D eigenvalue weighted by Gasteiger charge is 2.29. The number of sulfonamides is 1. The number of nitrogens with two attached hydrogens (primary N) is 1. The molecular weight excluding hydrogens is 273 g/mol. The van der Waals surface area contributed by atoms with Gasteiger partial charge in [-0.15, -0.1) is 0 Å². The van der Waals surface area contributed by atoms with Gasteiger partial charge in [0.1, 0.15) is 10.7 Å². The van der Waals surface area contributed by atoms with E-state index in [0.29, 0.717) is 0 Å². The molecule has 19 heavy (non-hydrogen) atoms. The first-order valence-corrected chi connectivity index (χ1v) is 7.18. The molecule has 1 aromatic carbocycles. The monoisotopic (exact) mass is 287 g/mol. The number of benzene rings is 1. The summed E-state index contributed by atoms with van der Waals surface area (Å²) in [4.78, 5) is 10.9. The van der Waals surface area contributed by atoms with Crippen LogP contribution in [-0.2, 0) is 14.8 Å². The van der Waals surface area contributed by atoms with Crippen molar-refractivity contribution in [2.45, 2.75) is 11.3 Å². The Bertz CT molecular complexity index is 603. The molecule has 0 bridgehead atoms. The van der Waals surface area contributed by atoms with Crippen LogP contribution in [0.1, 0.15) is 6.42 Å². The number of anilines is 1. The van der Waals surface area contributed by atoms with Gasteiger partial charge in [0.15, 0.2) is 0 Å². The number of halogens is 1. The van der Waals surface area contributed by atoms with E-state index in [-0.39, 0.29) is 36.9 Å². The summed E-state index contributed by atoms with van der Waals surface area (Å²) >= 11 is 0. The maximum absolute atomic E-state index is 13.3. The highest BCUT2D eigenvalue weighted by molar-refractivity contribution is 7.89. The van der Waals surface area contributed by atoms with Gasteiger partial charge in [-0.1, -0.05) is 6.07 Å². The van der Waals surface area contributed by atoms with E-state index in [1.54, 1.807) is 0 Å². The number of nitrogen functional groups attached to an aromatic ring is 1. The van der Waals surface area contributed by atoms with Gasteiger partial charge in [-0.25, -0.2) is 12.8 Å². The maximum Gasteiger partial charge on any atom is 0.245 e. The molecule has 0 unspecified atom stereocenters. The highest BCUT2D eigenvalue weighted by atomic mass is 32.2. The molecule has 0 atom stereocenters. The first-order chi connectivity index (χ1) is 8.93. The number of rotatable bonds is 2. The largest absolute Gasteiger partial charge is 0.395 e. The van der Waals surface area contributed by atoms with E-state index in [1.807, 2.05) is 0 Å². The van der Waals surface area contributed by atoms with E-state index in [0.717, 1.165) is 10.4 Å². The summed E-state index contributed by atoms with van der Waals surface area (Å²) in [5, 5.41) is 2.57. The molecule has 0 saturated carbocycles. The number of carbonyl (C=O) groups is 1. The molecule has 1 fully saturated rings. The predicted octanol–water partition coefficient (Wildman–Crippen LogP) is -0.0815. The molecular formula is C11H14FN3O3S. The predicted molar refractivity (Wildman–Crippen MR) is 67.2 cm³/mol. The third-order valence-corrected chi connectivity index (χ3v) is 4.86. The molecule has 1 aliphatic heterocycles. The molecule has 1 aromatic rings. The Labute approximate surface area is 110 Å². The Balaban J connectivity index is 2.36. The summed E-state index contributed by atoms with van der Waals surface area (Å²) in [6, 6.07) is 3.65. The van der Waals surface area contributed by atoms with E-state index < -0.39 is 21.5 Å². The lowest BCUT2D eigenvalue weighted by atomic mass is 10.3. The van der Waals surface area contributed by atoms with Crippen molar-refractivity contribution in [3.63, 3.8) is 0 Å². The molecule has 1 saturated heterocycles. The average Bonchev–Trinajstić information content (AvgIpc) is 2.57. The number of nitrogens with zero attached hydrogens (tertiary/aromatic N) is 1. The van der Waals surface area contributed by atoms with Gasteiger partial charge >= 0.3 is 0 Å². The molecule has 1 aliphatic rings. The van der Waals surface area contributed by atoms with Crippen molar-refractivity contribution < 1.29 is 17.6 Å². The second-order valence-corrected chi connectivity index (χ2v) is 6.06. The van der Waals surface area contributed by atoms with E-state index in [4.69, 9.17) is 5.73 Å². The van der Waals surface area contributed by atoms with Crippen molar-refractivity contribution in [1.29, 1.82) is 0 Å². The lowest BCUT2D eigenvalue weighted by Crippen LogP contribution is -2.34. The quantitative estimate of drug-likeness (QED) is 0.744. The lowest BCUT2D eigenvalue weighted by Gasteiger charge is -2.20. The van der Waals surface area contributed by atoms with Crippen molar-refractivity contribution in [2.24, 2.45) is 0 Å². The zero-order valence-corrected chi connectivity index (χ0v) is 10.9. The van der Waals surface area contributed by atoms with Gasteiger partial charge in [-0.2, -0.15) is 4.31 Å². The van der Waals surface area contributed by atoms with Crippen LogP contribution in [0.15, 0.2) is 23.1 Å². The van der Waals surface area contributed by atoms with Crippen LogP contribution in [0.4, 0.5) is 10.1 Å². The van der Waals surface area contributed by atoms with E-state index in [2.05, 4.69) is 5.32 Å². The van der Waals surface area contributed by atoms with Gasteiger partial charge in [0.05, 0.1) is 5.69 Å².